The number of carboxylic acid groups (broad SMARTS) is 1. The van der Waals surface area contributed by atoms with Gasteiger partial charge in [-0.2, -0.15) is 0 Å². The molecule has 0 spiro atoms. The molecule has 0 amide bonds. The summed E-state index contributed by atoms with van der Waals surface area (Å²) in [6.45, 7) is 0. The van der Waals surface area contributed by atoms with Crippen LogP contribution in [0.2, 0.25) is 0 Å². The molecule has 19 heavy (non-hydrogen) atoms. The number of methoxy groups -OCH3 is 1. The van der Waals surface area contributed by atoms with Gasteiger partial charge in [-0.05, 0) is 12.1 Å². The Bertz CT molecular complexity index is 622. The molecule has 0 saturated heterocycles. The largest absolute Gasteiger partial charge is 0.493 e. The third-order valence-electron chi connectivity index (χ3n) is 2.23. The Morgan fingerprint density at radius 3 is 2.58 bits per heavy atom. The summed E-state index contributed by atoms with van der Waals surface area (Å²) in [5, 5.41) is 8.88. The van der Waals surface area contributed by atoms with E-state index in [4.69, 9.17) is 14.6 Å². The van der Waals surface area contributed by atoms with E-state index in [1.54, 1.807) is 24.3 Å². The molecule has 0 fully saturated rings. The number of carbonyl (C=O) groups excluding carboxylic acids is 1. The van der Waals surface area contributed by atoms with E-state index in [1.165, 1.54) is 12.6 Å². The molecular formula is C12H9NO5S. The zero-order valence-corrected chi connectivity index (χ0v) is 10.6. The SMILES string of the molecule is COc1ccccc1OC(=O)c1scnc1C(=O)O. The van der Waals surface area contributed by atoms with Gasteiger partial charge in [0.1, 0.15) is 4.88 Å². The van der Waals surface area contributed by atoms with Crippen LogP contribution in [0.5, 0.6) is 11.5 Å². The van der Waals surface area contributed by atoms with E-state index < -0.39 is 11.9 Å². The van der Waals surface area contributed by atoms with Gasteiger partial charge in [0.2, 0.25) is 0 Å². The number of para-hydroxylation sites is 2. The van der Waals surface area contributed by atoms with Gasteiger partial charge in [-0.3, -0.25) is 0 Å². The summed E-state index contributed by atoms with van der Waals surface area (Å²) in [4.78, 5) is 26.3. The van der Waals surface area contributed by atoms with Crippen molar-refractivity contribution in [3.63, 3.8) is 0 Å². The number of aromatic nitrogens is 1. The minimum Gasteiger partial charge on any atom is -0.493 e. The molecule has 0 bridgehead atoms. The number of hydrogen-bond donors (Lipinski definition) is 1. The highest BCUT2D eigenvalue weighted by molar-refractivity contribution is 7.12. The highest BCUT2D eigenvalue weighted by Crippen LogP contribution is 2.27. The van der Waals surface area contributed by atoms with E-state index in [2.05, 4.69) is 4.98 Å². The first-order valence-electron chi connectivity index (χ1n) is 5.15. The van der Waals surface area contributed by atoms with Gasteiger partial charge in [0.15, 0.2) is 17.2 Å². The van der Waals surface area contributed by atoms with Crippen molar-refractivity contribution in [1.82, 2.24) is 4.98 Å². The van der Waals surface area contributed by atoms with E-state index in [1.807, 2.05) is 0 Å². The van der Waals surface area contributed by atoms with Crippen molar-refractivity contribution in [1.29, 1.82) is 0 Å². The Hall–Kier alpha value is -2.41. The van der Waals surface area contributed by atoms with Crippen LogP contribution in [-0.4, -0.2) is 29.1 Å². The summed E-state index contributed by atoms with van der Waals surface area (Å²) < 4.78 is 10.2. The summed E-state index contributed by atoms with van der Waals surface area (Å²) in [7, 11) is 1.45. The smallest absolute Gasteiger partial charge is 0.356 e. The lowest BCUT2D eigenvalue weighted by atomic mass is 10.3. The van der Waals surface area contributed by atoms with Crippen LogP contribution in [0, 0.1) is 0 Å². The maximum absolute atomic E-state index is 11.9. The molecule has 0 atom stereocenters. The second-order valence-corrected chi connectivity index (χ2v) is 4.23. The van der Waals surface area contributed by atoms with Crippen molar-refractivity contribution in [2.24, 2.45) is 0 Å². The Morgan fingerprint density at radius 2 is 1.95 bits per heavy atom. The number of thiazole rings is 1. The number of nitrogens with zero attached hydrogens (tertiary/aromatic N) is 1. The van der Waals surface area contributed by atoms with Crippen LogP contribution in [0.15, 0.2) is 29.8 Å². The van der Waals surface area contributed by atoms with Crippen molar-refractivity contribution in [2.75, 3.05) is 7.11 Å². The van der Waals surface area contributed by atoms with Crippen LogP contribution in [0.3, 0.4) is 0 Å². The number of aromatic carboxylic acids is 1. The van der Waals surface area contributed by atoms with Crippen molar-refractivity contribution < 1.29 is 24.2 Å². The van der Waals surface area contributed by atoms with Gasteiger partial charge in [-0.15, -0.1) is 11.3 Å². The second kappa shape index (κ2) is 5.49. The van der Waals surface area contributed by atoms with Crippen LogP contribution in [0.25, 0.3) is 0 Å². The molecule has 1 aromatic heterocycles. The quantitative estimate of drug-likeness (QED) is 0.681. The lowest BCUT2D eigenvalue weighted by molar-refractivity contribution is 0.0664. The molecule has 2 rings (SSSR count). The highest BCUT2D eigenvalue weighted by atomic mass is 32.1. The van der Waals surface area contributed by atoms with Crippen molar-refractivity contribution >= 4 is 23.3 Å². The Labute approximate surface area is 112 Å². The Kier molecular flexibility index (Phi) is 3.76. The van der Waals surface area contributed by atoms with Crippen LogP contribution in [0.4, 0.5) is 0 Å². The van der Waals surface area contributed by atoms with Gasteiger partial charge in [0, 0.05) is 0 Å². The van der Waals surface area contributed by atoms with E-state index in [-0.39, 0.29) is 16.3 Å². The maximum atomic E-state index is 11.9. The summed E-state index contributed by atoms with van der Waals surface area (Å²) >= 11 is 0.911. The standard InChI is InChI=1S/C12H9NO5S/c1-17-7-4-2-3-5-8(7)18-12(16)10-9(11(14)15)13-6-19-10/h2-6H,1H3,(H,14,15). The van der Waals surface area contributed by atoms with Crippen LogP contribution in [-0.2, 0) is 0 Å². The zero-order valence-electron chi connectivity index (χ0n) is 9.82. The van der Waals surface area contributed by atoms with Gasteiger partial charge < -0.3 is 14.6 Å². The minimum atomic E-state index is -1.27. The fourth-order valence-corrected chi connectivity index (χ4v) is 2.05. The molecule has 0 radical (unpaired) electrons. The Morgan fingerprint density at radius 1 is 1.26 bits per heavy atom. The van der Waals surface area contributed by atoms with Crippen molar-refractivity contribution in [2.45, 2.75) is 0 Å². The lowest BCUT2D eigenvalue weighted by Gasteiger charge is -2.07. The number of carboxylic acids is 1. The molecule has 0 unspecified atom stereocenters. The van der Waals surface area contributed by atoms with Gasteiger partial charge in [-0.1, -0.05) is 12.1 Å². The number of hydrogen-bond acceptors (Lipinski definition) is 6. The van der Waals surface area contributed by atoms with E-state index in [0.717, 1.165) is 11.3 Å². The molecular weight excluding hydrogens is 270 g/mol. The molecule has 0 aliphatic rings. The third kappa shape index (κ3) is 2.71. The van der Waals surface area contributed by atoms with Crippen LogP contribution < -0.4 is 9.47 Å². The number of esters is 1. The van der Waals surface area contributed by atoms with Gasteiger partial charge >= 0.3 is 11.9 Å². The average Bonchev–Trinajstić information content (AvgIpc) is 2.88. The van der Waals surface area contributed by atoms with Gasteiger partial charge in [0.05, 0.1) is 12.6 Å². The molecule has 6 nitrogen and oxygen atoms in total. The van der Waals surface area contributed by atoms with Crippen molar-refractivity contribution in [3.05, 3.63) is 40.3 Å². The molecule has 0 aliphatic carbocycles. The molecule has 0 saturated carbocycles. The molecule has 1 N–H and O–H groups in total. The minimum absolute atomic E-state index is 0.0570. The average molecular weight is 279 g/mol. The van der Waals surface area contributed by atoms with Crippen LogP contribution in [0.1, 0.15) is 20.2 Å². The number of ether oxygens (including phenoxy) is 2. The fourth-order valence-electron chi connectivity index (χ4n) is 1.39. The monoisotopic (exact) mass is 279 g/mol. The molecule has 0 aliphatic heterocycles. The normalized spacial score (nSPS) is 9.95. The number of rotatable bonds is 4. The lowest BCUT2D eigenvalue weighted by Crippen LogP contribution is -2.12. The zero-order chi connectivity index (χ0) is 13.8. The maximum Gasteiger partial charge on any atom is 0.356 e. The second-order valence-electron chi connectivity index (χ2n) is 3.38. The van der Waals surface area contributed by atoms with Gasteiger partial charge in [0.25, 0.3) is 0 Å². The topological polar surface area (TPSA) is 85.7 Å². The first-order valence-corrected chi connectivity index (χ1v) is 6.03. The molecule has 1 aromatic carbocycles. The first kappa shape index (κ1) is 13.0. The number of carbonyl (C=O) groups is 2. The van der Waals surface area contributed by atoms with Gasteiger partial charge in [-0.25, -0.2) is 14.6 Å². The van der Waals surface area contributed by atoms with E-state index in [0.29, 0.717) is 5.75 Å². The molecule has 7 heteroatoms. The first-order chi connectivity index (χ1) is 9.13. The highest BCUT2D eigenvalue weighted by Gasteiger charge is 2.22. The van der Waals surface area contributed by atoms with Crippen LogP contribution >= 0.6 is 11.3 Å². The summed E-state index contributed by atoms with van der Waals surface area (Å²) in [5.74, 6) is -1.44. The fraction of sp³-hybridized carbons (Fsp3) is 0.0833. The molecule has 98 valence electrons. The third-order valence-corrected chi connectivity index (χ3v) is 3.03. The molecule has 2 aromatic rings. The Balaban J connectivity index is 2.26. The number of benzene rings is 1. The van der Waals surface area contributed by atoms with Crippen molar-refractivity contribution in [3.8, 4) is 11.5 Å². The summed E-state index contributed by atoms with van der Waals surface area (Å²) in [6, 6.07) is 6.59. The predicted octanol–water partition coefficient (Wildman–Crippen LogP) is 2.07. The summed E-state index contributed by atoms with van der Waals surface area (Å²) in [5.41, 5.74) is 0.965. The van der Waals surface area contributed by atoms with E-state index >= 15 is 0 Å². The summed E-state index contributed by atoms with van der Waals surface area (Å²) in [6.07, 6.45) is 0. The predicted molar refractivity (Wildman–Crippen MR) is 67.0 cm³/mol. The van der Waals surface area contributed by atoms with E-state index in [9.17, 15) is 9.59 Å². The molecule has 1 heterocycles.